The Morgan fingerprint density at radius 1 is 0.349 bits per heavy atom. The normalized spacial score (nSPS) is 12.6. The molecular formula is C42H27P. The SMILES string of the molecule is c1ccc(-c2c3c(c(P(c4ccccc4)c4cccc5ccccc45)c4ccccc24)-c2cccc4cccc-3c24)cc1. The summed E-state index contributed by atoms with van der Waals surface area (Å²) in [6.07, 6.45) is 0. The molecule has 0 amide bonds. The van der Waals surface area contributed by atoms with Gasteiger partial charge in [0.25, 0.3) is 0 Å². The van der Waals surface area contributed by atoms with Crippen molar-refractivity contribution in [3.05, 3.63) is 164 Å². The molecule has 1 aliphatic carbocycles. The molecule has 0 radical (unpaired) electrons. The van der Waals surface area contributed by atoms with Gasteiger partial charge in [-0.15, -0.1) is 0 Å². The minimum atomic E-state index is -0.915. The van der Waals surface area contributed by atoms with Crippen molar-refractivity contribution in [2.75, 3.05) is 0 Å². The smallest absolute Gasteiger partial charge is 0.00131 e. The molecule has 200 valence electrons. The lowest BCUT2D eigenvalue weighted by molar-refractivity contribution is 1.65. The van der Waals surface area contributed by atoms with Crippen LogP contribution in [0, 0.1) is 0 Å². The molecule has 0 fully saturated rings. The second-order valence-electron chi connectivity index (χ2n) is 11.3. The average molecular weight is 563 g/mol. The third-order valence-corrected chi connectivity index (χ3v) is 11.5. The summed E-state index contributed by atoms with van der Waals surface area (Å²) < 4.78 is 0. The highest BCUT2D eigenvalue weighted by Gasteiger charge is 2.33. The van der Waals surface area contributed by atoms with Gasteiger partial charge in [-0.2, -0.15) is 0 Å². The molecule has 0 saturated carbocycles. The van der Waals surface area contributed by atoms with Crippen molar-refractivity contribution in [2.24, 2.45) is 0 Å². The van der Waals surface area contributed by atoms with Gasteiger partial charge >= 0.3 is 0 Å². The maximum absolute atomic E-state index is 2.37. The Kier molecular flexibility index (Phi) is 5.58. The zero-order valence-corrected chi connectivity index (χ0v) is 24.4. The van der Waals surface area contributed by atoms with E-state index in [2.05, 4.69) is 164 Å². The van der Waals surface area contributed by atoms with E-state index in [0.29, 0.717) is 0 Å². The number of fused-ring (bicyclic) bond motifs is 5. The van der Waals surface area contributed by atoms with Gasteiger partial charge in [0.2, 0.25) is 0 Å². The Morgan fingerprint density at radius 3 is 1.67 bits per heavy atom. The maximum Gasteiger partial charge on any atom is 0.00131 e. The van der Waals surface area contributed by atoms with Gasteiger partial charge in [-0.25, -0.2) is 0 Å². The lowest BCUT2D eigenvalue weighted by Gasteiger charge is -2.27. The first-order chi connectivity index (χ1) is 21.4. The molecule has 0 nitrogen and oxygen atoms in total. The molecule has 8 aromatic rings. The zero-order valence-electron chi connectivity index (χ0n) is 23.5. The van der Waals surface area contributed by atoms with Crippen molar-refractivity contribution in [2.45, 2.75) is 0 Å². The lowest BCUT2D eigenvalue weighted by atomic mass is 9.88. The second-order valence-corrected chi connectivity index (χ2v) is 13.4. The zero-order chi connectivity index (χ0) is 28.3. The number of rotatable bonds is 4. The molecule has 0 N–H and O–H groups in total. The first-order valence-electron chi connectivity index (χ1n) is 14.9. The summed E-state index contributed by atoms with van der Waals surface area (Å²) in [5, 5.41) is 12.2. The van der Waals surface area contributed by atoms with Gasteiger partial charge in [0.1, 0.15) is 0 Å². The summed E-state index contributed by atoms with van der Waals surface area (Å²) in [6.45, 7) is 0. The van der Waals surface area contributed by atoms with E-state index in [1.54, 1.807) is 0 Å². The molecule has 8 aromatic carbocycles. The average Bonchev–Trinajstić information content (AvgIpc) is 3.41. The van der Waals surface area contributed by atoms with Crippen molar-refractivity contribution < 1.29 is 0 Å². The summed E-state index contributed by atoms with van der Waals surface area (Å²) in [6, 6.07) is 60.8. The third-order valence-electron chi connectivity index (χ3n) is 8.94. The number of hydrogen-bond donors (Lipinski definition) is 0. The Morgan fingerprint density at radius 2 is 0.907 bits per heavy atom. The summed E-state index contributed by atoms with van der Waals surface area (Å²) in [4.78, 5) is 0. The summed E-state index contributed by atoms with van der Waals surface area (Å²) in [5.74, 6) is 0. The predicted molar refractivity (Wildman–Crippen MR) is 188 cm³/mol. The second kappa shape index (κ2) is 9.77. The molecule has 1 heteroatoms. The van der Waals surface area contributed by atoms with Crippen LogP contribution in [0.5, 0.6) is 0 Å². The summed E-state index contributed by atoms with van der Waals surface area (Å²) in [5.41, 5.74) is 8.06. The largest absolute Gasteiger partial charge is 0.0622 e. The van der Waals surface area contributed by atoms with Crippen molar-refractivity contribution in [1.82, 2.24) is 0 Å². The Balaban J connectivity index is 1.52. The van der Waals surface area contributed by atoms with Crippen LogP contribution in [0.2, 0.25) is 0 Å². The van der Waals surface area contributed by atoms with E-state index >= 15 is 0 Å². The molecule has 1 unspecified atom stereocenters. The van der Waals surface area contributed by atoms with Crippen LogP contribution in [0.15, 0.2) is 164 Å². The minimum absolute atomic E-state index is 0.915. The predicted octanol–water partition coefficient (Wildman–Crippen LogP) is 10.2. The van der Waals surface area contributed by atoms with E-state index in [9.17, 15) is 0 Å². The standard InChI is InChI=1S/C42H27P/c1-3-15-30(16-4-1)39-33-23-9-10-24-34(33)42(41-36-26-12-19-29-18-11-25-35(38(29)36)40(39)41)43(31-20-5-2-6-21-31)37-27-13-17-28-14-7-8-22-32(28)37/h1-27H. The topological polar surface area (TPSA) is 0 Å². The fourth-order valence-electron chi connectivity index (χ4n) is 7.22. The van der Waals surface area contributed by atoms with Crippen LogP contribution >= 0.6 is 7.92 Å². The van der Waals surface area contributed by atoms with Gasteiger partial charge in [-0.1, -0.05) is 164 Å². The number of benzene rings is 8. The first kappa shape index (κ1) is 24.6. The van der Waals surface area contributed by atoms with E-state index in [0.717, 1.165) is 0 Å². The van der Waals surface area contributed by atoms with E-state index in [4.69, 9.17) is 0 Å². The van der Waals surface area contributed by atoms with Gasteiger partial charge in [-0.05, 0) is 84.2 Å². The van der Waals surface area contributed by atoms with Gasteiger partial charge in [-0.3, -0.25) is 0 Å². The summed E-state index contributed by atoms with van der Waals surface area (Å²) in [7, 11) is -0.915. The van der Waals surface area contributed by atoms with E-state index < -0.39 is 7.92 Å². The Labute approximate surface area is 252 Å². The van der Waals surface area contributed by atoms with E-state index in [1.165, 1.54) is 81.6 Å². The molecule has 1 atom stereocenters. The highest BCUT2D eigenvalue weighted by atomic mass is 31.1. The van der Waals surface area contributed by atoms with Crippen LogP contribution in [0.4, 0.5) is 0 Å². The molecule has 1 aliphatic rings. The molecule has 0 bridgehead atoms. The molecule has 0 aliphatic heterocycles. The highest BCUT2D eigenvalue weighted by Crippen LogP contribution is 2.56. The Bertz CT molecular complexity index is 2320. The molecule has 0 heterocycles. The van der Waals surface area contributed by atoms with E-state index in [-0.39, 0.29) is 0 Å². The van der Waals surface area contributed by atoms with Gasteiger partial charge < -0.3 is 0 Å². The van der Waals surface area contributed by atoms with Crippen LogP contribution in [0.25, 0.3) is 65.7 Å². The summed E-state index contributed by atoms with van der Waals surface area (Å²) >= 11 is 0. The Hall–Kier alpha value is -5.03. The van der Waals surface area contributed by atoms with Gasteiger partial charge in [0.15, 0.2) is 0 Å². The molecule has 9 rings (SSSR count). The van der Waals surface area contributed by atoms with Crippen molar-refractivity contribution in [3.8, 4) is 33.4 Å². The number of hydrogen-bond acceptors (Lipinski definition) is 0. The van der Waals surface area contributed by atoms with Crippen LogP contribution in [-0.2, 0) is 0 Å². The quantitative estimate of drug-likeness (QED) is 0.187. The molecule has 0 saturated heterocycles. The van der Waals surface area contributed by atoms with Gasteiger partial charge in [0, 0.05) is 5.30 Å². The van der Waals surface area contributed by atoms with Crippen LogP contribution in [-0.4, -0.2) is 0 Å². The van der Waals surface area contributed by atoms with Crippen LogP contribution in [0.1, 0.15) is 0 Å². The van der Waals surface area contributed by atoms with Crippen molar-refractivity contribution in [3.63, 3.8) is 0 Å². The van der Waals surface area contributed by atoms with Gasteiger partial charge in [0.05, 0.1) is 0 Å². The third kappa shape index (κ3) is 3.67. The van der Waals surface area contributed by atoms with Crippen molar-refractivity contribution >= 4 is 56.2 Å². The first-order valence-corrected chi connectivity index (χ1v) is 16.2. The fraction of sp³-hybridized carbons (Fsp3) is 0. The monoisotopic (exact) mass is 562 g/mol. The molecule has 0 spiro atoms. The highest BCUT2D eigenvalue weighted by molar-refractivity contribution is 7.81. The van der Waals surface area contributed by atoms with Crippen LogP contribution < -0.4 is 15.9 Å². The van der Waals surface area contributed by atoms with Crippen molar-refractivity contribution in [1.29, 1.82) is 0 Å². The van der Waals surface area contributed by atoms with E-state index in [1.807, 2.05) is 0 Å². The lowest BCUT2D eigenvalue weighted by Crippen LogP contribution is -2.24. The molecular weight excluding hydrogens is 535 g/mol. The van der Waals surface area contributed by atoms with Crippen LogP contribution in [0.3, 0.4) is 0 Å². The maximum atomic E-state index is 2.37. The molecule has 0 aromatic heterocycles. The minimum Gasteiger partial charge on any atom is -0.0622 e. The fourth-order valence-corrected chi connectivity index (χ4v) is 10.0. The molecule has 43 heavy (non-hydrogen) atoms.